The number of carbonyl (C=O) groups is 1. The van der Waals surface area contributed by atoms with Gasteiger partial charge in [-0.15, -0.1) is 0 Å². The zero-order chi connectivity index (χ0) is 24.5. The molecule has 10 heteroatoms. The van der Waals surface area contributed by atoms with Crippen LogP contribution < -0.4 is 5.32 Å². The van der Waals surface area contributed by atoms with Crippen LogP contribution in [-0.4, -0.2) is 86.4 Å². The Morgan fingerprint density at radius 1 is 1.35 bits per heavy atom. The molecule has 3 aliphatic rings. The second-order valence-corrected chi connectivity index (χ2v) is 10.0. The van der Waals surface area contributed by atoms with Gasteiger partial charge < -0.3 is 24.6 Å². The average molecular weight is 485 g/mol. The van der Waals surface area contributed by atoms with Gasteiger partial charge >= 0.3 is 6.18 Å². The topological polar surface area (TPSA) is 66.9 Å². The maximum atomic E-state index is 13.6. The molecule has 0 aromatic carbocycles. The highest BCUT2D eigenvalue weighted by molar-refractivity contribution is 5.80. The molecule has 0 radical (unpaired) electrons. The van der Waals surface area contributed by atoms with Crippen LogP contribution in [0.25, 0.3) is 0 Å². The van der Waals surface area contributed by atoms with Crippen molar-refractivity contribution in [2.24, 2.45) is 11.8 Å². The van der Waals surface area contributed by atoms with Gasteiger partial charge in [0.15, 0.2) is 0 Å². The molecule has 4 rings (SSSR count). The molecule has 3 heterocycles. The van der Waals surface area contributed by atoms with Crippen LogP contribution in [-0.2, 0) is 33.4 Å². The van der Waals surface area contributed by atoms with Crippen LogP contribution in [0.4, 0.5) is 13.2 Å². The number of alkyl halides is 3. The molecule has 0 spiro atoms. The van der Waals surface area contributed by atoms with Gasteiger partial charge in [-0.1, -0.05) is 0 Å². The fourth-order valence-electron chi connectivity index (χ4n) is 5.68. The normalized spacial score (nSPS) is 30.0. The zero-order valence-electron chi connectivity index (χ0n) is 20.1. The van der Waals surface area contributed by atoms with Crippen molar-refractivity contribution in [1.82, 2.24) is 20.1 Å². The van der Waals surface area contributed by atoms with Crippen LogP contribution in [0.2, 0.25) is 0 Å². The highest BCUT2D eigenvalue weighted by Gasteiger charge is 2.43. The zero-order valence-corrected chi connectivity index (χ0v) is 20.1. The molecule has 1 N–H and O–H groups in total. The third-order valence-electron chi connectivity index (χ3n) is 7.35. The lowest BCUT2D eigenvalue weighted by Crippen LogP contribution is -2.50. The molecule has 0 bridgehead atoms. The van der Waals surface area contributed by atoms with E-state index in [0.29, 0.717) is 37.4 Å². The van der Waals surface area contributed by atoms with Crippen LogP contribution in [0, 0.1) is 11.8 Å². The number of nitrogens with zero attached hydrogens (tertiary/aromatic N) is 3. The molecule has 1 aromatic rings. The largest absolute Gasteiger partial charge is 0.417 e. The van der Waals surface area contributed by atoms with Crippen LogP contribution in [0.1, 0.15) is 36.1 Å². The van der Waals surface area contributed by atoms with Crippen LogP contribution in [0.15, 0.2) is 12.3 Å². The maximum Gasteiger partial charge on any atom is 0.417 e. The molecule has 1 aromatic heterocycles. The first kappa shape index (κ1) is 25.3. The fraction of sp³-hybridized carbons (Fsp3) is 0.750. The Bertz CT molecular complexity index is 866. The third-order valence-corrected chi connectivity index (χ3v) is 7.35. The average Bonchev–Trinajstić information content (AvgIpc) is 3.18. The predicted octanol–water partition coefficient (Wildman–Crippen LogP) is 2.33. The molecule has 190 valence electrons. The van der Waals surface area contributed by atoms with Crippen molar-refractivity contribution in [2.75, 3.05) is 47.5 Å². The summed E-state index contributed by atoms with van der Waals surface area (Å²) in [4.78, 5) is 21.5. The van der Waals surface area contributed by atoms with Crippen molar-refractivity contribution in [2.45, 2.75) is 56.6 Å². The number of pyridine rings is 1. The Kier molecular flexibility index (Phi) is 7.81. The summed E-state index contributed by atoms with van der Waals surface area (Å²) in [5.41, 5.74) is 0.384. The highest BCUT2D eigenvalue weighted by Crippen LogP contribution is 2.36. The molecule has 2 fully saturated rings. The smallest absolute Gasteiger partial charge is 0.379 e. The van der Waals surface area contributed by atoms with Gasteiger partial charge in [-0.25, -0.2) is 0 Å². The van der Waals surface area contributed by atoms with Gasteiger partial charge in [0.05, 0.1) is 18.3 Å². The molecule has 5 atom stereocenters. The molecule has 1 saturated heterocycles. The number of rotatable bonds is 6. The quantitative estimate of drug-likeness (QED) is 0.669. The van der Waals surface area contributed by atoms with E-state index in [1.807, 2.05) is 14.1 Å². The molecule has 2 unspecified atom stereocenters. The monoisotopic (exact) mass is 484 g/mol. The summed E-state index contributed by atoms with van der Waals surface area (Å²) in [7, 11) is 5.70. The van der Waals surface area contributed by atoms with Gasteiger partial charge in [0, 0.05) is 69.7 Å². The Morgan fingerprint density at radius 3 is 2.85 bits per heavy atom. The van der Waals surface area contributed by atoms with Gasteiger partial charge in [0.25, 0.3) is 0 Å². The summed E-state index contributed by atoms with van der Waals surface area (Å²) in [6.07, 6.45) is -0.626. The highest BCUT2D eigenvalue weighted by atomic mass is 19.4. The van der Waals surface area contributed by atoms with Crippen molar-refractivity contribution in [3.05, 3.63) is 29.1 Å². The molecule has 1 aliphatic carbocycles. The van der Waals surface area contributed by atoms with Gasteiger partial charge in [0.2, 0.25) is 5.91 Å². The SMILES string of the molecule is COC1COCCC1N[C@@H]1C[C@@H](CN(C)C)[C@H](C(=O)N2CCc3ncc(C(F)(F)F)cc3C2)C1. The van der Waals surface area contributed by atoms with E-state index < -0.39 is 11.7 Å². The summed E-state index contributed by atoms with van der Waals surface area (Å²) < 4.78 is 50.6. The minimum absolute atomic E-state index is 0.00951. The molecular weight excluding hydrogens is 449 g/mol. The number of ether oxygens (including phenoxy) is 2. The van der Waals surface area contributed by atoms with Gasteiger partial charge in [-0.3, -0.25) is 9.78 Å². The van der Waals surface area contributed by atoms with Crippen molar-refractivity contribution in [3.63, 3.8) is 0 Å². The van der Waals surface area contributed by atoms with Crippen molar-refractivity contribution in [1.29, 1.82) is 0 Å². The molecule has 7 nitrogen and oxygen atoms in total. The number of amides is 1. The number of methoxy groups -OCH3 is 1. The summed E-state index contributed by atoms with van der Waals surface area (Å²) in [6, 6.07) is 1.52. The van der Waals surface area contributed by atoms with E-state index in [4.69, 9.17) is 9.47 Å². The Labute approximate surface area is 199 Å². The van der Waals surface area contributed by atoms with Gasteiger partial charge in [-0.2, -0.15) is 13.2 Å². The lowest BCUT2D eigenvalue weighted by atomic mass is 9.93. The third kappa shape index (κ3) is 5.72. The first-order valence-corrected chi connectivity index (χ1v) is 12.0. The first-order chi connectivity index (χ1) is 16.2. The Morgan fingerprint density at radius 2 is 2.15 bits per heavy atom. The summed E-state index contributed by atoms with van der Waals surface area (Å²) in [5.74, 6) is 0.0531. The van der Waals surface area contributed by atoms with E-state index in [1.165, 1.54) is 0 Å². The summed E-state index contributed by atoms with van der Waals surface area (Å²) in [6.45, 7) is 2.71. The maximum absolute atomic E-state index is 13.6. The minimum atomic E-state index is -4.44. The summed E-state index contributed by atoms with van der Waals surface area (Å²) >= 11 is 0. The minimum Gasteiger partial charge on any atom is -0.379 e. The number of carbonyl (C=O) groups excluding carboxylic acids is 1. The van der Waals surface area contributed by atoms with E-state index in [2.05, 4.69) is 15.2 Å². The van der Waals surface area contributed by atoms with E-state index in [-0.39, 0.29) is 42.5 Å². The number of nitrogens with one attached hydrogen (secondary N) is 1. The van der Waals surface area contributed by atoms with Gasteiger partial charge in [0.1, 0.15) is 0 Å². The van der Waals surface area contributed by atoms with Crippen molar-refractivity contribution in [3.8, 4) is 0 Å². The van der Waals surface area contributed by atoms with E-state index in [9.17, 15) is 18.0 Å². The number of aromatic nitrogens is 1. The number of hydrogen-bond donors (Lipinski definition) is 1. The Hall–Kier alpha value is -1.75. The van der Waals surface area contributed by atoms with E-state index in [1.54, 1.807) is 12.0 Å². The summed E-state index contributed by atoms with van der Waals surface area (Å²) in [5, 5.41) is 3.72. The lowest BCUT2D eigenvalue weighted by Gasteiger charge is -2.33. The number of fused-ring (bicyclic) bond motifs is 1. The van der Waals surface area contributed by atoms with Crippen molar-refractivity contribution >= 4 is 5.91 Å². The van der Waals surface area contributed by atoms with Crippen LogP contribution in [0.5, 0.6) is 0 Å². The molecule has 34 heavy (non-hydrogen) atoms. The van der Waals surface area contributed by atoms with E-state index in [0.717, 1.165) is 38.1 Å². The van der Waals surface area contributed by atoms with Crippen molar-refractivity contribution < 1.29 is 27.4 Å². The molecule has 1 amide bonds. The lowest BCUT2D eigenvalue weighted by molar-refractivity contribution is -0.138. The first-order valence-electron chi connectivity index (χ1n) is 12.0. The fourth-order valence-corrected chi connectivity index (χ4v) is 5.68. The Balaban J connectivity index is 1.46. The van der Waals surface area contributed by atoms with Crippen LogP contribution in [0.3, 0.4) is 0 Å². The number of hydrogen-bond acceptors (Lipinski definition) is 6. The second-order valence-electron chi connectivity index (χ2n) is 10.0. The second kappa shape index (κ2) is 10.5. The van der Waals surface area contributed by atoms with E-state index >= 15 is 0 Å². The predicted molar refractivity (Wildman–Crippen MR) is 120 cm³/mol. The van der Waals surface area contributed by atoms with Crippen LogP contribution >= 0.6 is 0 Å². The van der Waals surface area contributed by atoms with Gasteiger partial charge in [-0.05, 0) is 50.9 Å². The number of halogens is 3. The molecular formula is C24H35F3N4O3. The molecule has 2 aliphatic heterocycles. The standard InChI is InChI=1S/C24H35F3N4O3/c1-30(2)12-15-9-18(29-21-5-7-34-14-22(21)33-3)10-19(15)23(32)31-6-4-20-16(13-31)8-17(11-28-20)24(25,26)27/h8,11,15,18-19,21-22,29H,4-7,9-10,12-14H2,1-3H3/t15-,18+,19+,21?,22?/m0/s1. The molecule has 1 saturated carbocycles.